The van der Waals surface area contributed by atoms with Crippen LogP contribution in [0.3, 0.4) is 0 Å². The topological polar surface area (TPSA) is 17.1 Å². The van der Waals surface area contributed by atoms with Crippen molar-refractivity contribution < 1.29 is 4.79 Å². The summed E-state index contributed by atoms with van der Waals surface area (Å²) in [6.45, 7) is 1.88. The molecular formula is C8H6OS. The Bertz CT molecular complexity index is 290. The molecule has 0 aliphatic carbocycles. The fourth-order valence-corrected chi connectivity index (χ4v) is 1.50. The van der Waals surface area contributed by atoms with Crippen LogP contribution in [0.5, 0.6) is 0 Å². The minimum Gasteiger partial charge on any atom is -0.278 e. The van der Waals surface area contributed by atoms with Gasteiger partial charge in [0, 0.05) is 0 Å². The molecule has 1 aromatic rings. The average molecular weight is 150 g/mol. The molecule has 0 unspecified atom stereocenters. The summed E-state index contributed by atoms with van der Waals surface area (Å²) in [6, 6.07) is 1.88. The zero-order valence-corrected chi connectivity index (χ0v) is 6.37. The molecule has 0 saturated heterocycles. The lowest BCUT2D eigenvalue weighted by Crippen LogP contribution is -1.91. The smallest absolute Gasteiger partial charge is 0.245 e. The molecule has 0 aliphatic heterocycles. The quantitative estimate of drug-likeness (QED) is 0.339. The second-order valence-corrected chi connectivity index (χ2v) is 2.82. The first-order chi connectivity index (χ1) is 4.75. The van der Waals surface area contributed by atoms with Crippen LogP contribution in [-0.2, 0) is 0 Å². The normalized spacial score (nSPS) is 8.80. The van der Waals surface area contributed by atoms with Crippen LogP contribution in [0.2, 0.25) is 0 Å². The SMILES string of the molecule is C#CC(=O)c1sccc1C. The maximum atomic E-state index is 10.9. The molecule has 0 saturated carbocycles. The van der Waals surface area contributed by atoms with Crippen molar-refractivity contribution in [2.45, 2.75) is 6.92 Å². The van der Waals surface area contributed by atoms with Crippen LogP contribution < -0.4 is 0 Å². The second-order valence-electron chi connectivity index (χ2n) is 1.91. The van der Waals surface area contributed by atoms with E-state index in [1.165, 1.54) is 11.3 Å². The summed E-state index contributed by atoms with van der Waals surface area (Å²) in [5.74, 6) is 1.86. The Morgan fingerprint density at radius 2 is 2.50 bits per heavy atom. The molecular weight excluding hydrogens is 144 g/mol. The second kappa shape index (κ2) is 2.68. The number of Topliss-reactive ketones (excluding diaryl/α,β-unsaturated/α-hetero) is 1. The first-order valence-corrected chi connectivity index (χ1v) is 3.68. The van der Waals surface area contributed by atoms with Crippen molar-refractivity contribution in [3.05, 3.63) is 21.9 Å². The van der Waals surface area contributed by atoms with E-state index in [-0.39, 0.29) is 5.78 Å². The number of aryl methyl sites for hydroxylation is 1. The van der Waals surface area contributed by atoms with Gasteiger partial charge in [0.25, 0.3) is 0 Å². The molecule has 0 amide bonds. The minimum absolute atomic E-state index is 0.215. The van der Waals surface area contributed by atoms with Crippen LogP contribution in [0.1, 0.15) is 15.2 Å². The van der Waals surface area contributed by atoms with Gasteiger partial charge in [0.15, 0.2) is 0 Å². The Balaban J connectivity index is 3.08. The third-order valence-electron chi connectivity index (χ3n) is 1.20. The van der Waals surface area contributed by atoms with E-state index in [0.29, 0.717) is 4.88 Å². The maximum Gasteiger partial charge on any atom is 0.245 e. The van der Waals surface area contributed by atoms with Crippen LogP contribution in [0, 0.1) is 19.3 Å². The fourth-order valence-electron chi connectivity index (χ4n) is 0.671. The number of terminal acetylenes is 1. The van der Waals surface area contributed by atoms with E-state index in [2.05, 4.69) is 5.92 Å². The van der Waals surface area contributed by atoms with Crippen molar-refractivity contribution in [3.63, 3.8) is 0 Å². The van der Waals surface area contributed by atoms with Gasteiger partial charge in [-0.15, -0.1) is 17.8 Å². The van der Waals surface area contributed by atoms with Gasteiger partial charge in [-0.3, -0.25) is 4.79 Å². The van der Waals surface area contributed by atoms with Crippen molar-refractivity contribution >= 4 is 17.1 Å². The van der Waals surface area contributed by atoms with Crippen LogP contribution in [0.25, 0.3) is 0 Å². The van der Waals surface area contributed by atoms with E-state index in [4.69, 9.17) is 6.42 Å². The molecule has 1 heterocycles. The van der Waals surface area contributed by atoms with Gasteiger partial charge in [-0.2, -0.15) is 0 Å². The van der Waals surface area contributed by atoms with E-state index in [1.807, 2.05) is 18.4 Å². The van der Waals surface area contributed by atoms with Gasteiger partial charge in [0.2, 0.25) is 5.78 Å². The number of rotatable bonds is 1. The zero-order chi connectivity index (χ0) is 7.56. The predicted molar refractivity (Wildman–Crippen MR) is 42.2 cm³/mol. The number of ketones is 1. The highest BCUT2D eigenvalue weighted by Gasteiger charge is 2.05. The van der Waals surface area contributed by atoms with Gasteiger partial charge in [-0.25, -0.2) is 0 Å². The van der Waals surface area contributed by atoms with E-state index < -0.39 is 0 Å². The number of hydrogen-bond acceptors (Lipinski definition) is 2. The fraction of sp³-hybridized carbons (Fsp3) is 0.125. The molecule has 1 aromatic heterocycles. The lowest BCUT2D eigenvalue weighted by molar-refractivity contribution is 0.106. The van der Waals surface area contributed by atoms with Gasteiger partial charge < -0.3 is 0 Å². The molecule has 1 rings (SSSR count). The summed E-state index contributed by atoms with van der Waals surface area (Å²) in [4.78, 5) is 11.6. The number of carbonyl (C=O) groups excluding carboxylic acids is 1. The van der Waals surface area contributed by atoms with Gasteiger partial charge in [0.1, 0.15) is 0 Å². The molecule has 0 radical (unpaired) electrons. The van der Waals surface area contributed by atoms with Crippen molar-refractivity contribution in [2.75, 3.05) is 0 Å². The highest BCUT2D eigenvalue weighted by atomic mass is 32.1. The van der Waals surface area contributed by atoms with Crippen LogP contribution in [0.15, 0.2) is 11.4 Å². The van der Waals surface area contributed by atoms with E-state index >= 15 is 0 Å². The van der Waals surface area contributed by atoms with E-state index in [9.17, 15) is 4.79 Å². The molecule has 10 heavy (non-hydrogen) atoms. The first kappa shape index (κ1) is 7.04. The summed E-state index contributed by atoms with van der Waals surface area (Å²) in [7, 11) is 0. The summed E-state index contributed by atoms with van der Waals surface area (Å²) >= 11 is 1.39. The predicted octanol–water partition coefficient (Wildman–Crippen LogP) is 1.87. The minimum atomic E-state index is -0.215. The van der Waals surface area contributed by atoms with E-state index in [0.717, 1.165) is 5.56 Å². The Labute approximate surface area is 63.7 Å². The Morgan fingerprint density at radius 3 is 2.90 bits per heavy atom. The average Bonchev–Trinajstić information content (AvgIpc) is 2.34. The van der Waals surface area contributed by atoms with Gasteiger partial charge in [-0.05, 0) is 29.9 Å². The number of carbonyl (C=O) groups is 1. The largest absolute Gasteiger partial charge is 0.278 e. The van der Waals surface area contributed by atoms with Gasteiger partial charge in [0.05, 0.1) is 4.88 Å². The van der Waals surface area contributed by atoms with Crippen LogP contribution in [-0.4, -0.2) is 5.78 Å². The van der Waals surface area contributed by atoms with Crippen molar-refractivity contribution in [1.29, 1.82) is 0 Å². The molecule has 0 aliphatic rings. The molecule has 2 heteroatoms. The monoisotopic (exact) mass is 150 g/mol. The molecule has 50 valence electrons. The standard InChI is InChI=1S/C8H6OS/c1-3-7(9)8-6(2)4-5-10-8/h1,4-5H,2H3. The van der Waals surface area contributed by atoms with Crippen molar-refractivity contribution in [3.8, 4) is 12.3 Å². The molecule has 1 nitrogen and oxygen atoms in total. The Kier molecular flexibility index (Phi) is 1.88. The maximum absolute atomic E-state index is 10.9. The zero-order valence-electron chi connectivity index (χ0n) is 5.55. The van der Waals surface area contributed by atoms with Crippen molar-refractivity contribution in [2.24, 2.45) is 0 Å². The Morgan fingerprint density at radius 1 is 1.80 bits per heavy atom. The molecule has 0 aromatic carbocycles. The van der Waals surface area contributed by atoms with Gasteiger partial charge in [-0.1, -0.05) is 0 Å². The van der Waals surface area contributed by atoms with Crippen molar-refractivity contribution in [1.82, 2.24) is 0 Å². The highest BCUT2D eigenvalue weighted by molar-refractivity contribution is 7.12. The highest BCUT2D eigenvalue weighted by Crippen LogP contribution is 2.15. The molecule has 0 fully saturated rings. The first-order valence-electron chi connectivity index (χ1n) is 2.80. The Hall–Kier alpha value is -1.07. The van der Waals surface area contributed by atoms with Crippen LogP contribution in [0.4, 0.5) is 0 Å². The number of thiophene rings is 1. The number of hydrogen-bond donors (Lipinski definition) is 0. The molecule has 0 spiro atoms. The molecule has 0 N–H and O–H groups in total. The summed E-state index contributed by atoms with van der Waals surface area (Å²) in [5.41, 5.74) is 0.966. The van der Waals surface area contributed by atoms with Crippen LogP contribution >= 0.6 is 11.3 Å². The lowest BCUT2D eigenvalue weighted by Gasteiger charge is -1.86. The van der Waals surface area contributed by atoms with E-state index in [1.54, 1.807) is 0 Å². The van der Waals surface area contributed by atoms with Gasteiger partial charge >= 0.3 is 0 Å². The third-order valence-corrected chi connectivity index (χ3v) is 2.21. The summed E-state index contributed by atoms with van der Waals surface area (Å²) in [5, 5.41) is 1.86. The summed E-state index contributed by atoms with van der Waals surface area (Å²) < 4.78 is 0. The lowest BCUT2D eigenvalue weighted by atomic mass is 10.2. The summed E-state index contributed by atoms with van der Waals surface area (Å²) in [6.07, 6.45) is 4.94. The third kappa shape index (κ3) is 1.09. The molecule has 0 atom stereocenters. The molecule has 0 bridgehead atoms.